The molecule has 4 heteroatoms. The molecule has 0 atom stereocenters. The number of fused-ring (bicyclic) bond motifs is 3. The first-order valence-electron chi connectivity index (χ1n) is 21.0. The summed E-state index contributed by atoms with van der Waals surface area (Å²) >= 11 is 0. The largest absolute Gasteiger partial charge is 0.337 e. The molecular formula is C58H44N4. The Hall–Kier alpha value is -8.08. The van der Waals surface area contributed by atoms with Crippen LogP contribution >= 0.6 is 0 Å². The lowest BCUT2D eigenvalue weighted by molar-refractivity contribution is 1.04. The van der Waals surface area contributed by atoms with Crippen LogP contribution in [0.2, 0.25) is 0 Å². The molecule has 10 aromatic rings. The molecule has 0 saturated heterocycles. The number of pyridine rings is 2. The number of benzene rings is 8. The maximum atomic E-state index is 5.53. The smallest absolute Gasteiger partial charge is 0.0978 e. The summed E-state index contributed by atoms with van der Waals surface area (Å²) in [5.74, 6) is 0. The molecule has 4 nitrogen and oxygen atoms in total. The second-order valence-electron chi connectivity index (χ2n) is 15.7. The van der Waals surface area contributed by atoms with Crippen molar-refractivity contribution in [3.8, 4) is 44.8 Å². The highest BCUT2D eigenvalue weighted by Gasteiger charge is 2.19. The van der Waals surface area contributed by atoms with E-state index in [2.05, 4.69) is 242 Å². The van der Waals surface area contributed by atoms with E-state index in [-0.39, 0.29) is 0 Å². The van der Waals surface area contributed by atoms with Crippen molar-refractivity contribution in [2.75, 3.05) is 16.3 Å². The van der Waals surface area contributed by atoms with Crippen LogP contribution in [-0.2, 0) is 0 Å². The molecule has 62 heavy (non-hydrogen) atoms. The second kappa shape index (κ2) is 16.9. The fourth-order valence-electron chi connectivity index (χ4n) is 8.39. The van der Waals surface area contributed by atoms with Gasteiger partial charge in [0.15, 0.2) is 0 Å². The van der Waals surface area contributed by atoms with Crippen molar-refractivity contribution >= 4 is 50.2 Å². The lowest BCUT2D eigenvalue weighted by Gasteiger charge is -2.25. The van der Waals surface area contributed by atoms with Crippen LogP contribution in [0.15, 0.2) is 237 Å². The first-order chi connectivity index (χ1) is 30.6. The molecule has 2 aromatic heterocycles. The van der Waals surface area contributed by atoms with Gasteiger partial charge in [-0.15, -0.1) is 0 Å². The number of aromatic nitrogens is 2. The third-order valence-corrected chi connectivity index (χ3v) is 11.3. The first-order valence-corrected chi connectivity index (χ1v) is 21.0. The maximum absolute atomic E-state index is 5.53. The summed E-state index contributed by atoms with van der Waals surface area (Å²) in [5, 5.41) is 2.11. The van der Waals surface area contributed by atoms with E-state index in [1.165, 1.54) is 0 Å². The number of hydrogen-bond acceptors (Lipinski definition) is 4. The number of para-hydroxylation sites is 3. The van der Waals surface area contributed by atoms with Gasteiger partial charge in [-0.2, -0.15) is 0 Å². The highest BCUT2D eigenvalue weighted by molar-refractivity contribution is 6.13. The molecule has 0 N–H and O–H groups in total. The minimum atomic E-state index is 0.723. The molecule has 0 aliphatic carbocycles. The molecule has 0 aliphatic rings. The van der Waals surface area contributed by atoms with Crippen LogP contribution in [0.1, 0.15) is 6.92 Å². The average molecular weight is 797 g/mol. The average Bonchev–Trinajstić information content (AvgIpc) is 3.34. The van der Waals surface area contributed by atoms with E-state index in [0.717, 1.165) is 107 Å². The molecule has 0 fully saturated rings. The van der Waals surface area contributed by atoms with Gasteiger partial charge in [0.2, 0.25) is 0 Å². The molecule has 0 unspecified atom stereocenters. The summed E-state index contributed by atoms with van der Waals surface area (Å²) in [4.78, 5) is 15.6. The fourth-order valence-corrected chi connectivity index (χ4v) is 8.39. The number of anilines is 5. The maximum Gasteiger partial charge on any atom is 0.0978 e. The Morgan fingerprint density at radius 2 is 0.726 bits per heavy atom. The van der Waals surface area contributed by atoms with Gasteiger partial charge in [-0.3, -0.25) is 0 Å². The van der Waals surface area contributed by atoms with Crippen LogP contribution in [0, 0.1) is 0 Å². The van der Waals surface area contributed by atoms with Crippen LogP contribution < -0.4 is 9.80 Å². The minimum absolute atomic E-state index is 0.723. The fraction of sp³-hybridized carbons (Fsp3) is 0.0345. The SMILES string of the molecule is C=C(C)CN(c1ccccc1)c1ccc(-c2cc(-c3ccccc3)c3ccc4c(-c5ccccc5)cc(-c5ccc(N(c6ccccc6)c6ccccc6)cc5)nc4c3n2)cc1. The Morgan fingerprint density at radius 3 is 1.13 bits per heavy atom. The molecule has 0 bridgehead atoms. The summed E-state index contributed by atoms with van der Waals surface area (Å²) in [7, 11) is 0. The van der Waals surface area contributed by atoms with E-state index in [1.54, 1.807) is 0 Å². The Labute approximate surface area is 363 Å². The topological polar surface area (TPSA) is 32.3 Å². The Bertz CT molecular complexity index is 3090. The van der Waals surface area contributed by atoms with E-state index >= 15 is 0 Å². The van der Waals surface area contributed by atoms with Crippen molar-refractivity contribution in [1.82, 2.24) is 9.97 Å². The lowest BCUT2D eigenvalue weighted by Crippen LogP contribution is -2.18. The van der Waals surface area contributed by atoms with Gasteiger partial charge in [0, 0.05) is 56.9 Å². The van der Waals surface area contributed by atoms with Gasteiger partial charge < -0.3 is 9.80 Å². The summed E-state index contributed by atoms with van der Waals surface area (Å²) in [5.41, 5.74) is 16.6. The van der Waals surface area contributed by atoms with Crippen molar-refractivity contribution in [3.63, 3.8) is 0 Å². The van der Waals surface area contributed by atoms with Crippen molar-refractivity contribution < 1.29 is 0 Å². The zero-order valence-corrected chi connectivity index (χ0v) is 34.6. The quantitative estimate of drug-likeness (QED) is 0.0964. The highest BCUT2D eigenvalue weighted by Crippen LogP contribution is 2.41. The van der Waals surface area contributed by atoms with Gasteiger partial charge in [0.25, 0.3) is 0 Å². The number of nitrogens with zero attached hydrogens (tertiary/aromatic N) is 4. The lowest BCUT2D eigenvalue weighted by atomic mass is 9.94. The highest BCUT2D eigenvalue weighted by atomic mass is 15.1. The molecular weight excluding hydrogens is 753 g/mol. The summed E-state index contributed by atoms with van der Waals surface area (Å²) in [6.45, 7) is 7.02. The standard InChI is InChI=1S/C58H44N4/c1-41(2)40-61(46-22-12-5-13-23-46)47-32-28-44(29-33-47)55-38-53(42-18-8-3-9-19-42)51-36-37-52-54(43-20-10-4-11-21-43)39-56(60-58(52)57(51)59-55)45-30-34-50(35-31-45)62(48-24-14-6-15-25-48)49-26-16-7-17-27-49/h3-39H,1,40H2,2H3. The molecule has 0 spiro atoms. The van der Waals surface area contributed by atoms with E-state index in [1.807, 2.05) is 6.07 Å². The number of rotatable bonds is 11. The van der Waals surface area contributed by atoms with Crippen LogP contribution in [0.25, 0.3) is 66.6 Å². The summed E-state index contributed by atoms with van der Waals surface area (Å²) in [6.07, 6.45) is 0. The van der Waals surface area contributed by atoms with Crippen molar-refractivity contribution in [2.45, 2.75) is 6.92 Å². The van der Waals surface area contributed by atoms with E-state index in [0.29, 0.717) is 0 Å². The monoisotopic (exact) mass is 796 g/mol. The van der Waals surface area contributed by atoms with Gasteiger partial charge in [0.1, 0.15) is 0 Å². The predicted molar refractivity (Wildman–Crippen MR) is 262 cm³/mol. The molecule has 8 aromatic carbocycles. The van der Waals surface area contributed by atoms with Crippen LogP contribution in [0.5, 0.6) is 0 Å². The summed E-state index contributed by atoms with van der Waals surface area (Å²) < 4.78 is 0. The van der Waals surface area contributed by atoms with Gasteiger partial charge in [0.05, 0.1) is 22.4 Å². The predicted octanol–water partition coefficient (Wildman–Crippen LogP) is 15.6. The molecule has 0 radical (unpaired) electrons. The van der Waals surface area contributed by atoms with E-state index < -0.39 is 0 Å². The van der Waals surface area contributed by atoms with Gasteiger partial charge >= 0.3 is 0 Å². The third kappa shape index (κ3) is 7.62. The molecule has 2 heterocycles. The Morgan fingerprint density at radius 1 is 0.387 bits per heavy atom. The second-order valence-corrected chi connectivity index (χ2v) is 15.7. The third-order valence-electron chi connectivity index (χ3n) is 11.3. The van der Waals surface area contributed by atoms with Crippen LogP contribution in [0.4, 0.5) is 28.4 Å². The Kier molecular flexibility index (Phi) is 10.4. The number of hydrogen-bond donors (Lipinski definition) is 0. The first kappa shape index (κ1) is 38.1. The molecule has 10 rings (SSSR count). The normalized spacial score (nSPS) is 11.1. The van der Waals surface area contributed by atoms with Gasteiger partial charge in [-0.1, -0.05) is 164 Å². The van der Waals surface area contributed by atoms with Gasteiger partial charge in [-0.05, 0) is 102 Å². The summed E-state index contributed by atoms with van der Waals surface area (Å²) in [6, 6.07) is 79.1. The van der Waals surface area contributed by atoms with Crippen LogP contribution in [0.3, 0.4) is 0 Å². The van der Waals surface area contributed by atoms with E-state index in [9.17, 15) is 0 Å². The van der Waals surface area contributed by atoms with Crippen molar-refractivity contribution in [2.24, 2.45) is 0 Å². The van der Waals surface area contributed by atoms with Crippen molar-refractivity contribution in [3.05, 3.63) is 237 Å². The van der Waals surface area contributed by atoms with Crippen LogP contribution in [-0.4, -0.2) is 16.5 Å². The zero-order chi connectivity index (χ0) is 41.8. The minimum Gasteiger partial charge on any atom is -0.337 e. The molecule has 0 aliphatic heterocycles. The Balaban J connectivity index is 1.14. The van der Waals surface area contributed by atoms with Crippen molar-refractivity contribution in [1.29, 1.82) is 0 Å². The van der Waals surface area contributed by atoms with E-state index in [4.69, 9.17) is 9.97 Å². The molecule has 0 saturated carbocycles. The zero-order valence-electron chi connectivity index (χ0n) is 34.6. The van der Waals surface area contributed by atoms with Gasteiger partial charge in [-0.25, -0.2) is 9.97 Å². The molecule has 296 valence electrons. The molecule has 0 amide bonds.